The van der Waals surface area contributed by atoms with Gasteiger partial charge in [0.05, 0.1) is 10.5 Å². The van der Waals surface area contributed by atoms with Crippen LogP contribution < -0.4 is 0 Å². The fourth-order valence-corrected chi connectivity index (χ4v) is 1.65. The fourth-order valence-electron chi connectivity index (χ4n) is 1.65. The third-order valence-electron chi connectivity index (χ3n) is 2.54. The van der Waals surface area contributed by atoms with E-state index in [-0.39, 0.29) is 11.4 Å². The van der Waals surface area contributed by atoms with Crippen molar-refractivity contribution in [3.05, 3.63) is 58.1 Å². The van der Waals surface area contributed by atoms with Crippen LogP contribution in [0.1, 0.15) is 5.56 Å². The zero-order chi connectivity index (χ0) is 12.4. The Bertz CT molecular complexity index is 561. The molecule has 4 heteroatoms. The van der Waals surface area contributed by atoms with Gasteiger partial charge >= 0.3 is 0 Å². The monoisotopic (exact) mass is 229 g/mol. The van der Waals surface area contributed by atoms with E-state index in [9.17, 15) is 15.2 Å². The molecule has 0 aliphatic heterocycles. The maximum absolute atomic E-state index is 10.9. The molecule has 0 unspecified atom stereocenters. The van der Waals surface area contributed by atoms with Crippen molar-refractivity contribution >= 4 is 5.69 Å². The highest BCUT2D eigenvalue weighted by atomic mass is 16.6. The minimum atomic E-state index is -0.450. The quantitative estimate of drug-likeness (QED) is 0.634. The normalized spacial score (nSPS) is 10.2. The average Bonchev–Trinajstić information content (AvgIpc) is 2.29. The zero-order valence-corrected chi connectivity index (χ0v) is 9.25. The first kappa shape index (κ1) is 11.1. The molecule has 0 fully saturated rings. The largest absolute Gasteiger partial charge is 0.508 e. The van der Waals surface area contributed by atoms with Crippen LogP contribution in [0.4, 0.5) is 5.69 Å². The van der Waals surface area contributed by atoms with Crippen molar-refractivity contribution < 1.29 is 10.0 Å². The highest BCUT2D eigenvalue weighted by Crippen LogP contribution is 2.32. The summed E-state index contributed by atoms with van der Waals surface area (Å²) in [5.74, 6) is 0.0196. The second kappa shape index (κ2) is 4.25. The summed E-state index contributed by atoms with van der Waals surface area (Å²) in [6, 6.07) is 11.4. The molecule has 2 rings (SSSR count). The Morgan fingerprint density at radius 2 is 1.76 bits per heavy atom. The first-order valence-corrected chi connectivity index (χ1v) is 5.12. The summed E-state index contributed by atoms with van der Waals surface area (Å²) in [5.41, 5.74) is 2.22. The predicted molar refractivity (Wildman–Crippen MR) is 64.9 cm³/mol. The van der Waals surface area contributed by atoms with Crippen LogP contribution in [0, 0.1) is 17.0 Å². The Hall–Kier alpha value is -2.36. The van der Waals surface area contributed by atoms with Gasteiger partial charge in [0.2, 0.25) is 0 Å². The lowest BCUT2D eigenvalue weighted by Gasteiger charge is -2.04. The second-order valence-electron chi connectivity index (χ2n) is 3.82. The van der Waals surface area contributed by atoms with Crippen LogP contribution in [0.2, 0.25) is 0 Å². The molecule has 0 spiro atoms. The summed E-state index contributed by atoms with van der Waals surface area (Å²) in [6.07, 6.45) is 0. The van der Waals surface area contributed by atoms with Gasteiger partial charge in [-0.2, -0.15) is 0 Å². The van der Waals surface area contributed by atoms with Gasteiger partial charge in [0.15, 0.2) is 0 Å². The van der Waals surface area contributed by atoms with Crippen LogP contribution in [0.3, 0.4) is 0 Å². The molecule has 2 aromatic rings. The molecule has 0 saturated heterocycles. The third-order valence-corrected chi connectivity index (χ3v) is 2.54. The summed E-state index contributed by atoms with van der Waals surface area (Å²) in [4.78, 5) is 10.4. The molecular formula is C13H11NO3. The van der Waals surface area contributed by atoms with Gasteiger partial charge in [-0.15, -0.1) is 0 Å². The van der Waals surface area contributed by atoms with Crippen LogP contribution >= 0.6 is 0 Å². The molecule has 86 valence electrons. The Kier molecular flexibility index (Phi) is 2.78. The van der Waals surface area contributed by atoms with E-state index in [0.29, 0.717) is 5.56 Å². The van der Waals surface area contributed by atoms with E-state index in [1.165, 1.54) is 18.2 Å². The summed E-state index contributed by atoms with van der Waals surface area (Å²) in [6.45, 7) is 1.95. The Morgan fingerprint density at radius 1 is 1.12 bits per heavy atom. The van der Waals surface area contributed by atoms with E-state index < -0.39 is 4.92 Å². The van der Waals surface area contributed by atoms with Gasteiger partial charge in [-0.25, -0.2) is 0 Å². The molecule has 2 aromatic carbocycles. The van der Waals surface area contributed by atoms with Crippen molar-refractivity contribution in [2.24, 2.45) is 0 Å². The van der Waals surface area contributed by atoms with Gasteiger partial charge < -0.3 is 5.11 Å². The number of hydrogen-bond donors (Lipinski definition) is 1. The topological polar surface area (TPSA) is 63.4 Å². The van der Waals surface area contributed by atoms with E-state index in [0.717, 1.165) is 11.1 Å². The van der Waals surface area contributed by atoms with Crippen molar-refractivity contribution in [3.63, 3.8) is 0 Å². The molecule has 0 aliphatic carbocycles. The number of nitro groups is 1. The van der Waals surface area contributed by atoms with Crippen LogP contribution in [0.5, 0.6) is 5.75 Å². The zero-order valence-electron chi connectivity index (χ0n) is 9.25. The van der Waals surface area contributed by atoms with Gasteiger partial charge in [-0.05, 0) is 24.6 Å². The second-order valence-corrected chi connectivity index (χ2v) is 3.82. The highest BCUT2D eigenvalue weighted by molar-refractivity contribution is 5.74. The minimum Gasteiger partial charge on any atom is -0.508 e. The van der Waals surface area contributed by atoms with E-state index in [4.69, 9.17) is 0 Å². The standard InChI is InChI=1S/C13H11NO3/c1-9-2-4-10(5-3-9)12-8-11(15)6-7-13(12)14(16)17/h2-8,15H,1H3. The summed E-state index contributed by atoms with van der Waals surface area (Å²) in [5, 5.41) is 20.3. The number of rotatable bonds is 2. The number of hydrogen-bond acceptors (Lipinski definition) is 3. The van der Waals surface area contributed by atoms with Crippen LogP contribution in [0.15, 0.2) is 42.5 Å². The molecule has 17 heavy (non-hydrogen) atoms. The van der Waals surface area contributed by atoms with Gasteiger partial charge in [-0.3, -0.25) is 10.1 Å². The lowest BCUT2D eigenvalue weighted by Crippen LogP contribution is -1.91. The van der Waals surface area contributed by atoms with Crippen molar-refractivity contribution in [1.82, 2.24) is 0 Å². The van der Waals surface area contributed by atoms with Crippen LogP contribution in [0.25, 0.3) is 11.1 Å². The highest BCUT2D eigenvalue weighted by Gasteiger charge is 2.15. The van der Waals surface area contributed by atoms with Gasteiger partial charge in [0.25, 0.3) is 5.69 Å². The molecule has 4 nitrogen and oxygen atoms in total. The van der Waals surface area contributed by atoms with E-state index >= 15 is 0 Å². The lowest BCUT2D eigenvalue weighted by atomic mass is 10.0. The SMILES string of the molecule is Cc1ccc(-c2cc(O)ccc2[N+](=O)[O-])cc1. The van der Waals surface area contributed by atoms with Gasteiger partial charge in [-0.1, -0.05) is 29.8 Å². The molecule has 1 N–H and O–H groups in total. The molecule has 0 saturated carbocycles. The van der Waals surface area contributed by atoms with Crippen molar-refractivity contribution in [2.75, 3.05) is 0 Å². The molecule has 0 aliphatic rings. The Labute approximate surface area is 98.3 Å². The summed E-state index contributed by atoms with van der Waals surface area (Å²) >= 11 is 0. The number of phenolic OH excluding ortho intramolecular Hbond substituents is 1. The van der Waals surface area contributed by atoms with E-state index in [2.05, 4.69) is 0 Å². The molecular weight excluding hydrogens is 218 g/mol. The predicted octanol–water partition coefficient (Wildman–Crippen LogP) is 3.28. The van der Waals surface area contributed by atoms with Gasteiger partial charge in [0.1, 0.15) is 5.75 Å². The van der Waals surface area contributed by atoms with Crippen molar-refractivity contribution in [1.29, 1.82) is 0 Å². The first-order valence-electron chi connectivity index (χ1n) is 5.12. The van der Waals surface area contributed by atoms with Crippen molar-refractivity contribution in [3.8, 4) is 16.9 Å². The smallest absolute Gasteiger partial charge is 0.277 e. The Balaban J connectivity index is 2.60. The molecule has 0 bridgehead atoms. The number of benzene rings is 2. The summed E-state index contributed by atoms with van der Waals surface area (Å²) in [7, 11) is 0. The van der Waals surface area contributed by atoms with Crippen LogP contribution in [-0.4, -0.2) is 10.0 Å². The van der Waals surface area contributed by atoms with E-state index in [1.807, 2.05) is 19.1 Å². The van der Waals surface area contributed by atoms with E-state index in [1.54, 1.807) is 12.1 Å². The number of nitro benzene ring substituents is 1. The number of aromatic hydroxyl groups is 1. The fraction of sp³-hybridized carbons (Fsp3) is 0.0769. The maximum Gasteiger partial charge on any atom is 0.277 e. The molecule has 0 amide bonds. The van der Waals surface area contributed by atoms with Crippen LogP contribution in [-0.2, 0) is 0 Å². The lowest BCUT2D eigenvalue weighted by molar-refractivity contribution is -0.384. The molecule has 0 atom stereocenters. The minimum absolute atomic E-state index is 0.00773. The maximum atomic E-state index is 10.9. The molecule has 0 radical (unpaired) electrons. The number of phenols is 1. The first-order chi connectivity index (χ1) is 8.08. The molecule has 0 aromatic heterocycles. The van der Waals surface area contributed by atoms with Crippen molar-refractivity contribution in [2.45, 2.75) is 6.92 Å². The number of nitrogens with zero attached hydrogens (tertiary/aromatic N) is 1. The third kappa shape index (κ3) is 2.25. The Morgan fingerprint density at radius 3 is 2.35 bits per heavy atom. The average molecular weight is 229 g/mol. The van der Waals surface area contributed by atoms with Gasteiger partial charge in [0, 0.05) is 6.07 Å². The molecule has 0 heterocycles. The summed E-state index contributed by atoms with van der Waals surface area (Å²) < 4.78 is 0. The number of aryl methyl sites for hydroxylation is 1.